The van der Waals surface area contributed by atoms with E-state index in [0.29, 0.717) is 17.9 Å². The van der Waals surface area contributed by atoms with Crippen LogP contribution in [-0.4, -0.2) is 40.6 Å². The molecule has 1 saturated heterocycles. The number of aliphatic carboxylic acids is 1. The predicted octanol–water partition coefficient (Wildman–Crippen LogP) is 1.53. The molecular formula is C14H17NO4S. The van der Waals surface area contributed by atoms with Gasteiger partial charge >= 0.3 is 5.97 Å². The maximum atomic E-state index is 11.8. The molecule has 1 aliphatic rings. The highest BCUT2D eigenvalue weighted by Crippen LogP contribution is 2.28. The summed E-state index contributed by atoms with van der Waals surface area (Å²) in [5.41, 5.74) is -1.10. The Balaban J connectivity index is 1.79. The fourth-order valence-corrected chi connectivity index (χ4v) is 3.32. The number of rotatable bonds is 6. The lowest BCUT2D eigenvalue weighted by atomic mass is 9.99. The summed E-state index contributed by atoms with van der Waals surface area (Å²) in [4.78, 5) is 23.1. The first kappa shape index (κ1) is 14.7. The standard InChI is InChI=1S/C14H17NO4S/c16-12(6-8-19-11-4-2-1-3-5-11)15-14(13(17)18)7-9-20-10-14/h1-5H,6-10H2,(H,15,16)(H,17,18)/t14-/m1/s1. The summed E-state index contributed by atoms with van der Waals surface area (Å²) in [5, 5.41) is 11.9. The van der Waals surface area contributed by atoms with Gasteiger partial charge in [0.1, 0.15) is 11.3 Å². The third-order valence-corrected chi connectivity index (χ3v) is 4.34. The highest BCUT2D eigenvalue weighted by molar-refractivity contribution is 7.99. The van der Waals surface area contributed by atoms with E-state index < -0.39 is 11.5 Å². The van der Waals surface area contributed by atoms with E-state index in [-0.39, 0.29) is 18.9 Å². The first-order chi connectivity index (χ1) is 9.62. The smallest absolute Gasteiger partial charge is 0.330 e. The van der Waals surface area contributed by atoms with E-state index in [4.69, 9.17) is 4.74 Å². The minimum Gasteiger partial charge on any atom is -0.493 e. The molecule has 2 N–H and O–H groups in total. The van der Waals surface area contributed by atoms with Gasteiger partial charge in [-0.3, -0.25) is 4.79 Å². The summed E-state index contributed by atoms with van der Waals surface area (Å²) in [6.45, 7) is 0.235. The number of amides is 1. The predicted molar refractivity (Wildman–Crippen MR) is 77.0 cm³/mol. The van der Waals surface area contributed by atoms with E-state index in [2.05, 4.69) is 5.32 Å². The Morgan fingerprint density at radius 3 is 2.70 bits per heavy atom. The summed E-state index contributed by atoms with van der Waals surface area (Å²) < 4.78 is 5.42. The molecule has 0 spiro atoms. The van der Waals surface area contributed by atoms with Crippen molar-refractivity contribution in [1.29, 1.82) is 0 Å². The molecule has 0 unspecified atom stereocenters. The van der Waals surface area contributed by atoms with E-state index in [9.17, 15) is 14.7 Å². The molecule has 1 atom stereocenters. The number of ether oxygens (including phenoxy) is 1. The normalized spacial score (nSPS) is 21.4. The molecule has 20 heavy (non-hydrogen) atoms. The number of carbonyl (C=O) groups excluding carboxylic acids is 1. The van der Waals surface area contributed by atoms with Gasteiger partial charge in [-0.15, -0.1) is 0 Å². The van der Waals surface area contributed by atoms with Crippen LogP contribution < -0.4 is 10.1 Å². The summed E-state index contributed by atoms with van der Waals surface area (Å²) in [6.07, 6.45) is 0.618. The lowest BCUT2D eigenvalue weighted by Crippen LogP contribution is -2.54. The van der Waals surface area contributed by atoms with Crippen molar-refractivity contribution in [2.45, 2.75) is 18.4 Å². The molecule has 1 aliphatic heterocycles. The zero-order valence-corrected chi connectivity index (χ0v) is 11.8. The van der Waals surface area contributed by atoms with Gasteiger partial charge in [0.25, 0.3) is 0 Å². The number of benzene rings is 1. The van der Waals surface area contributed by atoms with Gasteiger partial charge in [0.2, 0.25) is 5.91 Å². The summed E-state index contributed by atoms with van der Waals surface area (Å²) in [7, 11) is 0. The Kier molecular flexibility index (Phi) is 4.89. The average molecular weight is 295 g/mol. The van der Waals surface area contributed by atoms with Crippen molar-refractivity contribution in [2.75, 3.05) is 18.1 Å². The quantitative estimate of drug-likeness (QED) is 0.832. The molecule has 0 aliphatic carbocycles. The van der Waals surface area contributed by atoms with Gasteiger partial charge < -0.3 is 15.2 Å². The van der Waals surface area contributed by atoms with E-state index in [1.165, 1.54) is 0 Å². The van der Waals surface area contributed by atoms with Crippen molar-refractivity contribution in [3.8, 4) is 5.75 Å². The average Bonchev–Trinajstić information content (AvgIpc) is 2.90. The second-order valence-electron chi connectivity index (χ2n) is 4.65. The molecule has 0 aromatic heterocycles. The van der Waals surface area contributed by atoms with Crippen molar-refractivity contribution in [1.82, 2.24) is 5.32 Å². The van der Waals surface area contributed by atoms with Crippen LogP contribution in [0.5, 0.6) is 5.75 Å². The van der Waals surface area contributed by atoms with Gasteiger partial charge in [0, 0.05) is 5.75 Å². The first-order valence-electron chi connectivity index (χ1n) is 6.42. The molecule has 1 aromatic carbocycles. The van der Waals surface area contributed by atoms with Crippen LogP contribution in [-0.2, 0) is 9.59 Å². The maximum absolute atomic E-state index is 11.8. The fraction of sp³-hybridized carbons (Fsp3) is 0.429. The lowest BCUT2D eigenvalue weighted by molar-refractivity contribution is -0.146. The van der Waals surface area contributed by atoms with Gasteiger partial charge in [-0.1, -0.05) is 18.2 Å². The number of thioether (sulfide) groups is 1. The van der Waals surface area contributed by atoms with Crippen LogP contribution >= 0.6 is 11.8 Å². The summed E-state index contributed by atoms with van der Waals surface area (Å²) in [5.74, 6) is 0.635. The number of carboxylic acid groups (broad SMARTS) is 1. The first-order valence-corrected chi connectivity index (χ1v) is 7.58. The SMILES string of the molecule is O=C(CCOc1ccccc1)N[C@]1(C(=O)O)CCSC1. The molecule has 2 rings (SSSR count). The van der Waals surface area contributed by atoms with Crippen molar-refractivity contribution >= 4 is 23.6 Å². The fourth-order valence-electron chi connectivity index (χ4n) is 1.99. The zero-order valence-electron chi connectivity index (χ0n) is 11.0. The molecule has 0 bridgehead atoms. The minimum atomic E-state index is -1.10. The van der Waals surface area contributed by atoms with Gasteiger partial charge in [0.15, 0.2) is 0 Å². The molecule has 0 saturated carbocycles. The van der Waals surface area contributed by atoms with Crippen molar-refractivity contribution in [2.24, 2.45) is 0 Å². The van der Waals surface area contributed by atoms with Crippen LogP contribution in [0.15, 0.2) is 30.3 Å². The Morgan fingerprint density at radius 2 is 2.10 bits per heavy atom. The Bertz CT molecular complexity index is 471. The van der Waals surface area contributed by atoms with Crippen LogP contribution in [0.1, 0.15) is 12.8 Å². The molecular weight excluding hydrogens is 278 g/mol. The molecule has 1 amide bonds. The molecule has 1 aromatic rings. The molecule has 5 nitrogen and oxygen atoms in total. The number of hydrogen-bond donors (Lipinski definition) is 2. The second kappa shape index (κ2) is 6.65. The molecule has 1 fully saturated rings. The van der Waals surface area contributed by atoms with Crippen LogP contribution in [0.3, 0.4) is 0 Å². The van der Waals surface area contributed by atoms with Crippen molar-refractivity contribution in [3.63, 3.8) is 0 Å². The number of carbonyl (C=O) groups is 2. The molecule has 0 radical (unpaired) electrons. The minimum absolute atomic E-state index is 0.147. The van der Waals surface area contributed by atoms with Crippen LogP contribution in [0.4, 0.5) is 0 Å². The summed E-state index contributed by atoms with van der Waals surface area (Å²) >= 11 is 1.55. The highest BCUT2D eigenvalue weighted by atomic mass is 32.2. The Hall–Kier alpha value is -1.69. The topological polar surface area (TPSA) is 75.6 Å². The monoisotopic (exact) mass is 295 g/mol. The van der Waals surface area contributed by atoms with Crippen LogP contribution in [0, 0.1) is 0 Å². The van der Waals surface area contributed by atoms with E-state index >= 15 is 0 Å². The van der Waals surface area contributed by atoms with E-state index in [0.717, 1.165) is 5.75 Å². The van der Waals surface area contributed by atoms with Gasteiger partial charge in [0.05, 0.1) is 13.0 Å². The molecule has 6 heteroatoms. The third kappa shape index (κ3) is 3.66. The zero-order chi connectivity index (χ0) is 14.4. The third-order valence-electron chi connectivity index (χ3n) is 3.15. The largest absolute Gasteiger partial charge is 0.493 e. The number of carboxylic acids is 1. The Labute approximate surface area is 121 Å². The van der Waals surface area contributed by atoms with Gasteiger partial charge in [-0.05, 0) is 24.3 Å². The molecule has 108 valence electrons. The number of para-hydroxylation sites is 1. The van der Waals surface area contributed by atoms with Crippen molar-refractivity contribution < 1.29 is 19.4 Å². The van der Waals surface area contributed by atoms with Crippen molar-refractivity contribution in [3.05, 3.63) is 30.3 Å². The number of hydrogen-bond acceptors (Lipinski definition) is 4. The number of nitrogens with one attached hydrogen (secondary N) is 1. The van der Waals surface area contributed by atoms with E-state index in [1.54, 1.807) is 11.8 Å². The molecule has 1 heterocycles. The second-order valence-corrected chi connectivity index (χ2v) is 5.75. The van der Waals surface area contributed by atoms with Gasteiger partial charge in [-0.25, -0.2) is 4.79 Å². The van der Waals surface area contributed by atoms with Crippen LogP contribution in [0.2, 0.25) is 0 Å². The van der Waals surface area contributed by atoms with Crippen LogP contribution in [0.25, 0.3) is 0 Å². The highest BCUT2D eigenvalue weighted by Gasteiger charge is 2.43. The maximum Gasteiger partial charge on any atom is 0.330 e. The van der Waals surface area contributed by atoms with E-state index in [1.807, 2.05) is 30.3 Å². The Morgan fingerprint density at radius 1 is 1.35 bits per heavy atom. The lowest BCUT2D eigenvalue weighted by Gasteiger charge is -2.24. The van der Waals surface area contributed by atoms with Gasteiger partial charge in [-0.2, -0.15) is 11.8 Å². The summed E-state index contributed by atoms with van der Waals surface area (Å²) in [6, 6.07) is 9.21.